The Morgan fingerprint density at radius 1 is 2.00 bits per heavy atom. The molecule has 4 heteroatoms. The Labute approximate surface area is 48.2 Å². The average Bonchev–Trinajstić information content (AvgIpc) is 1.65. The molecule has 0 rings (SSSR count). The average molecular weight is 134 g/mol. The summed E-state index contributed by atoms with van der Waals surface area (Å²) in [7, 11) is -1.27. The third-order valence-electron chi connectivity index (χ3n) is 0.645. The number of hydrogen-bond donors (Lipinski definition) is 1. The maximum atomic E-state index is 8.79. The Balaban J connectivity index is 3.34. The van der Waals surface area contributed by atoms with Gasteiger partial charge in [0.2, 0.25) is 0 Å². The van der Waals surface area contributed by atoms with Crippen LogP contribution in [0.5, 0.6) is 0 Å². The van der Waals surface area contributed by atoms with Crippen molar-refractivity contribution in [1.82, 2.24) is 0 Å². The molecule has 0 aliphatic rings. The maximum absolute atomic E-state index is 8.79. The second-order valence-corrected chi connectivity index (χ2v) is 5.01. The van der Waals surface area contributed by atoms with Gasteiger partial charge < -0.3 is 8.91 Å². The molecule has 2 nitrogen and oxygen atoms in total. The van der Waals surface area contributed by atoms with Crippen LogP contribution in [0, 0.1) is 0 Å². The highest BCUT2D eigenvalue weighted by molar-refractivity contribution is 6.55. The standard InChI is InChI=1S/C3H10O2Si2/c1-3(2)7(4)5-6/h4,7H,1H2,2,6H3. The molecular weight excluding hydrogens is 124 g/mol. The topological polar surface area (TPSA) is 29.5 Å². The summed E-state index contributed by atoms with van der Waals surface area (Å²) in [6.07, 6.45) is 0. The summed E-state index contributed by atoms with van der Waals surface area (Å²) in [5.41, 5.74) is 0. The lowest BCUT2D eigenvalue weighted by atomic mass is 10.8. The van der Waals surface area contributed by atoms with Gasteiger partial charge in [-0.1, -0.05) is 6.58 Å². The predicted molar refractivity (Wildman–Crippen MR) is 35.2 cm³/mol. The summed E-state index contributed by atoms with van der Waals surface area (Å²) in [5, 5.41) is 0.801. The molecule has 1 N–H and O–H groups in total. The molecule has 0 aromatic heterocycles. The third-order valence-corrected chi connectivity index (χ3v) is 3.27. The fraction of sp³-hybridized carbons (Fsp3) is 0.333. The predicted octanol–water partition coefficient (Wildman–Crippen LogP) is -1.39. The zero-order chi connectivity index (χ0) is 5.86. The normalized spacial score (nSPS) is 14.0. The second kappa shape index (κ2) is 3.14. The molecule has 0 aromatic carbocycles. The lowest BCUT2D eigenvalue weighted by Gasteiger charge is -2.02. The van der Waals surface area contributed by atoms with Crippen LogP contribution >= 0.6 is 0 Å². The largest absolute Gasteiger partial charge is 0.444 e. The summed E-state index contributed by atoms with van der Waals surface area (Å²) in [5.74, 6) is 0. The van der Waals surface area contributed by atoms with Crippen LogP contribution in [0.25, 0.3) is 0 Å². The molecule has 0 saturated heterocycles. The van der Waals surface area contributed by atoms with Gasteiger partial charge in [-0.2, -0.15) is 0 Å². The van der Waals surface area contributed by atoms with E-state index in [-0.39, 0.29) is 0 Å². The van der Waals surface area contributed by atoms with Crippen molar-refractivity contribution in [3.05, 3.63) is 11.8 Å². The molecule has 0 fully saturated rings. The quantitative estimate of drug-likeness (QED) is 0.471. The van der Waals surface area contributed by atoms with Crippen LogP contribution in [0.3, 0.4) is 0 Å². The van der Waals surface area contributed by atoms with Crippen molar-refractivity contribution >= 4 is 19.8 Å². The van der Waals surface area contributed by atoms with E-state index in [0.29, 0.717) is 10.5 Å². The maximum Gasteiger partial charge on any atom is 0.337 e. The SMILES string of the molecule is C=C(C)[SiH](O)O[SiH3]. The third kappa shape index (κ3) is 2.75. The van der Waals surface area contributed by atoms with Gasteiger partial charge in [0.05, 0.1) is 0 Å². The Kier molecular flexibility index (Phi) is 3.18. The van der Waals surface area contributed by atoms with Crippen LogP contribution < -0.4 is 0 Å². The van der Waals surface area contributed by atoms with Gasteiger partial charge in [-0.3, -0.25) is 0 Å². The summed E-state index contributed by atoms with van der Waals surface area (Å²) in [6, 6.07) is 0. The first-order valence-corrected chi connectivity index (χ1v) is 4.43. The molecule has 0 spiro atoms. The van der Waals surface area contributed by atoms with Gasteiger partial charge in [0.25, 0.3) is 0 Å². The molecule has 0 aliphatic carbocycles. The van der Waals surface area contributed by atoms with Crippen LogP contribution in [-0.4, -0.2) is 24.6 Å². The minimum absolute atomic E-state index is 0.622. The van der Waals surface area contributed by atoms with Gasteiger partial charge in [-0.25, -0.2) is 0 Å². The zero-order valence-corrected chi connectivity index (χ0v) is 7.79. The van der Waals surface area contributed by atoms with Crippen LogP contribution in [0.4, 0.5) is 0 Å². The van der Waals surface area contributed by atoms with E-state index in [1.165, 1.54) is 0 Å². The van der Waals surface area contributed by atoms with Crippen molar-refractivity contribution in [3.8, 4) is 0 Å². The Morgan fingerprint density at radius 2 is 2.43 bits per heavy atom. The van der Waals surface area contributed by atoms with E-state index in [4.69, 9.17) is 8.91 Å². The molecule has 0 aromatic rings. The first-order valence-electron chi connectivity index (χ1n) is 2.04. The second-order valence-electron chi connectivity index (χ2n) is 1.43. The molecule has 0 bridgehead atoms. The number of rotatable bonds is 2. The first kappa shape index (κ1) is 7.09. The number of allylic oxidation sites excluding steroid dienone is 1. The highest BCUT2D eigenvalue weighted by Gasteiger charge is 2.02. The summed E-state index contributed by atoms with van der Waals surface area (Å²) < 4.78 is 4.75. The van der Waals surface area contributed by atoms with E-state index in [1.54, 1.807) is 6.92 Å². The van der Waals surface area contributed by atoms with Crippen molar-refractivity contribution in [2.24, 2.45) is 0 Å². The Hall–Kier alpha value is 0.0938. The fourth-order valence-corrected chi connectivity index (χ4v) is 1.81. The summed E-state index contributed by atoms with van der Waals surface area (Å²) in [4.78, 5) is 8.79. The van der Waals surface area contributed by atoms with Gasteiger partial charge in [0.1, 0.15) is 10.5 Å². The smallest absolute Gasteiger partial charge is 0.337 e. The first-order chi connectivity index (χ1) is 3.18. The van der Waals surface area contributed by atoms with Crippen LogP contribution in [0.15, 0.2) is 11.8 Å². The van der Waals surface area contributed by atoms with Crippen molar-refractivity contribution in [2.45, 2.75) is 6.92 Å². The summed E-state index contributed by atoms with van der Waals surface area (Å²) >= 11 is 0. The van der Waals surface area contributed by atoms with Gasteiger partial charge >= 0.3 is 9.28 Å². The van der Waals surface area contributed by atoms with Crippen molar-refractivity contribution in [1.29, 1.82) is 0 Å². The monoisotopic (exact) mass is 134 g/mol. The molecule has 0 radical (unpaired) electrons. The lowest BCUT2D eigenvalue weighted by molar-refractivity contribution is 0.449. The molecule has 0 aliphatic heterocycles. The van der Waals surface area contributed by atoms with E-state index >= 15 is 0 Å². The van der Waals surface area contributed by atoms with E-state index in [9.17, 15) is 0 Å². The fourth-order valence-electron chi connectivity index (χ4n) is 0.201. The highest BCUT2D eigenvalue weighted by Crippen LogP contribution is 1.89. The van der Waals surface area contributed by atoms with Crippen LogP contribution in [0.1, 0.15) is 6.92 Å². The minimum atomic E-state index is -1.89. The molecular formula is C3H10O2Si2. The van der Waals surface area contributed by atoms with Crippen molar-refractivity contribution in [2.75, 3.05) is 0 Å². The van der Waals surface area contributed by atoms with Gasteiger partial charge in [0, 0.05) is 0 Å². The molecule has 0 saturated carbocycles. The molecule has 7 heavy (non-hydrogen) atoms. The van der Waals surface area contributed by atoms with Gasteiger partial charge in [0.15, 0.2) is 0 Å². The van der Waals surface area contributed by atoms with Crippen LogP contribution in [-0.2, 0) is 4.12 Å². The van der Waals surface area contributed by atoms with Crippen molar-refractivity contribution in [3.63, 3.8) is 0 Å². The minimum Gasteiger partial charge on any atom is -0.444 e. The molecule has 1 unspecified atom stereocenters. The molecule has 1 atom stereocenters. The zero-order valence-electron chi connectivity index (χ0n) is 4.64. The van der Waals surface area contributed by atoms with E-state index in [1.807, 2.05) is 0 Å². The van der Waals surface area contributed by atoms with Gasteiger partial charge in [-0.15, -0.1) is 0 Å². The van der Waals surface area contributed by atoms with E-state index < -0.39 is 9.28 Å². The van der Waals surface area contributed by atoms with E-state index in [0.717, 1.165) is 5.20 Å². The molecule has 42 valence electrons. The molecule has 0 amide bonds. The highest BCUT2D eigenvalue weighted by atomic mass is 28.3. The van der Waals surface area contributed by atoms with Crippen LogP contribution in [0.2, 0.25) is 0 Å². The summed E-state index contributed by atoms with van der Waals surface area (Å²) in [6.45, 7) is 5.32. The van der Waals surface area contributed by atoms with Gasteiger partial charge in [-0.05, 0) is 12.1 Å². The molecule has 0 heterocycles. The lowest BCUT2D eigenvalue weighted by Crippen LogP contribution is -2.16. The Morgan fingerprint density at radius 3 is 2.43 bits per heavy atom. The van der Waals surface area contributed by atoms with Crippen molar-refractivity contribution < 1.29 is 8.91 Å². The van der Waals surface area contributed by atoms with E-state index in [2.05, 4.69) is 6.58 Å². The Bertz CT molecular complexity index is 73.3. The number of hydrogen-bond acceptors (Lipinski definition) is 2.